The van der Waals surface area contributed by atoms with E-state index < -0.39 is 46.2 Å². The Balaban J connectivity index is 2.16. The number of rotatable bonds is 3. The quantitative estimate of drug-likeness (QED) is 0.420. The average molecular weight is 320 g/mol. The van der Waals surface area contributed by atoms with Gasteiger partial charge in [-0.25, -0.2) is 4.18 Å². The molecule has 0 amide bonds. The Morgan fingerprint density at radius 3 is 2.55 bits per heavy atom. The molecule has 0 aromatic carbocycles. The third kappa shape index (κ3) is 2.90. The maximum absolute atomic E-state index is 12.3. The van der Waals surface area contributed by atoms with Crippen LogP contribution in [0.3, 0.4) is 0 Å². The van der Waals surface area contributed by atoms with Crippen LogP contribution in [0.4, 0.5) is 13.2 Å². The summed E-state index contributed by atoms with van der Waals surface area (Å²) in [6, 6.07) is 0. The molecule has 7 nitrogen and oxygen atoms in total. The van der Waals surface area contributed by atoms with Crippen molar-refractivity contribution in [3.8, 4) is 0 Å². The van der Waals surface area contributed by atoms with Crippen LogP contribution in [0.5, 0.6) is 0 Å². The molecule has 11 heteroatoms. The minimum atomic E-state index is -5.85. The fourth-order valence-electron chi connectivity index (χ4n) is 2.02. The van der Waals surface area contributed by atoms with E-state index in [2.05, 4.69) is 4.18 Å². The average Bonchev–Trinajstić information content (AvgIpc) is 2.80. The Bertz CT molecular complexity index is 488. The molecule has 0 aromatic heterocycles. The highest BCUT2D eigenvalue weighted by Gasteiger charge is 2.56. The minimum absolute atomic E-state index is 0.270. The summed E-state index contributed by atoms with van der Waals surface area (Å²) in [4.78, 5) is 10.9. The van der Waals surface area contributed by atoms with E-state index in [0.29, 0.717) is 6.42 Å². The second-order valence-electron chi connectivity index (χ2n) is 4.24. The van der Waals surface area contributed by atoms with Crippen LogP contribution in [0.2, 0.25) is 0 Å². The molecule has 0 aliphatic carbocycles. The van der Waals surface area contributed by atoms with Gasteiger partial charge in [-0.15, -0.1) is 0 Å². The van der Waals surface area contributed by atoms with Crippen molar-refractivity contribution in [2.24, 2.45) is 0 Å². The van der Waals surface area contributed by atoms with Crippen molar-refractivity contribution >= 4 is 16.1 Å². The zero-order valence-corrected chi connectivity index (χ0v) is 10.9. The molecular formula is C9H11F3O7S. The maximum atomic E-state index is 12.3. The Labute approximate surface area is 112 Å². The molecule has 116 valence electrons. The monoisotopic (exact) mass is 320 g/mol. The third-order valence-electron chi connectivity index (χ3n) is 2.79. The largest absolute Gasteiger partial charge is 0.523 e. The molecule has 2 saturated heterocycles. The van der Waals surface area contributed by atoms with Crippen LogP contribution >= 0.6 is 0 Å². The summed E-state index contributed by atoms with van der Waals surface area (Å²) in [5.74, 6) is -0.812. The van der Waals surface area contributed by atoms with Crippen molar-refractivity contribution in [3.05, 3.63) is 0 Å². The molecule has 4 unspecified atom stereocenters. The number of alkyl halides is 3. The van der Waals surface area contributed by atoms with E-state index in [1.165, 1.54) is 0 Å². The number of hydrogen-bond donors (Lipinski definition) is 0. The molecule has 0 spiro atoms. The van der Waals surface area contributed by atoms with Crippen molar-refractivity contribution in [2.75, 3.05) is 6.61 Å². The summed E-state index contributed by atoms with van der Waals surface area (Å²) < 4.78 is 77.6. The van der Waals surface area contributed by atoms with Crippen LogP contribution in [-0.2, 0) is 33.3 Å². The molecule has 0 N–H and O–H groups in total. The van der Waals surface area contributed by atoms with Gasteiger partial charge < -0.3 is 14.2 Å². The van der Waals surface area contributed by atoms with Crippen molar-refractivity contribution in [2.45, 2.75) is 43.5 Å². The number of carbonyl (C=O) groups is 1. The topological polar surface area (TPSA) is 88.1 Å². The number of ether oxygens (including phenoxy) is 3. The van der Waals surface area contributed by atoms with Crippen molar-refractivity contribution < 1.29 is 44.8 Å². The number of hydrogen-bond acceptors (Lipinski definition) is 7. The number of esters is 1. The lowest BCUT2D eigenvalue weighted by Gasteiger charge is -2.21. The van der Waals surface area contributed by atoms with E-state index in [-0.39, 0.29) is 6.61 Å². The first-order valence-electron chi connectivity index (χ1n) is 5.55. The van der Waals surface area contributed by atoms with Gasteiger partial charge in [0.2, 0.25) is 6.29 Å². The van der Waals surface area contributed by atoms with E-state index in [9.17, 15) is 26.4 Å². The van der Waals surface area contributed by atoms with Gasteiger partial charge in [0.25, 0.3) is 0 Å². The molecule has 20 heavy (non-hydrogen) atoms. The Morgan fingerprint density at radius 1 is 1.35 bits per heavy atom. The van der Waals surface area contributed by atoms with E-state index in [1.54, 1.807) is 0 Å². The zero-order chi connectivity index (χ0) is 15.1. The Kier molecular flexibility index (Phi) is 3.97. The number of halogens is 3. The molecule has 2 aliphatic rings. The Morgan fingerprint density at radius 2 is 2.00 bits per heavy atom. The van der Waals surface area contributed by atoms with Gasteiger partial charge in [0.1, 0.15) is 6.10 Å². The molecular weight excluding hydrogens is 309 g/mol. The lowest BCUT2D eigenvalue weighted by atomic mass is 10.1. The molecule has 2 rings (SSSR count). The van der Waals surface area contributed by atoms with Gasteiger partial charge in [-0.1, -0.05) is 0 Å². The van der Waals surface area contributed by atoms with Crippen LogP contribution in [0.1, 0.15) is 13.3 Å². The second-order valence-corrected chi connectivity index (χ2v) is 5.80. The van der Waals surface area contributed by atoms with E-state index in [0.717, 1.165) is 6.92 Å². The van der Waals surface area contributed by atoms with E-state index in [4.69, 9.17) is 14.2 Å². The first kappa shape index (κ1) is 15.5. The van der Waals surface area contributed by atoms with Gasteiger partial charge in [0.15, 0.2) is 6.10 Å². The zero-order valence-electron chi connectivity index (χ0n) is 10.1. The first-order chi connectivity index (χ1) is 9.12. The van der Waals surface area contributed by atoms with Crippen molar-refractivity contribution in [3.63, 3.8) is 0 Å². The van der Waals surface area contributed by atoms with Gasteiger partial charge in [0.05, 0.1) is 6.10 Å². The third-order valence-corrected chi connectivity index (χ3v) is 3.80. The summed E-state index contributed by atoms with van der Waals surface area (Å²) >= 11 is 0. The molecule has 2 heterocycles. The summed E-state index contributed by atoms with van der Waals surface area (Å²) in [7, 11) is -5.85. The lowest BCUT2D eigenvalue weighted by Crippen LogP contribution is -2.40. The van der Waals surface area contributed by atoms with E-state index in [1.807, 2.05) is 0 Å². The predicted molar refractivity (Wildman–Crippen MR) is 54.6 cm³/mol. The molecule has 0 aromatic rings. The van der Waals surface area contributed by atoms with Gasteiger partial charge >= 0.3 is 21.6 Å². The molecule has 2 aliphatic heterocycles. The molecule has 0 radical (unpaired) electrons. The van der Waals surface area contributed by atoms with Gasteiger partial charge in [0, 0.05) is 13.5 Å². The minimum Gasteiger partial charge on any atom is -0.454 e. The maximum Gasteiger partial charge on any atom is 0.523 e. The molecule has 2 fully saturated rings. The SMILES string of the molecule is CC(=O)OC1C(OS(=O)(=O)C(F)(F)F)OC2CCOC21. The fourth-order valence-corrected chi connectivity index (χ4v) is 2.53. The highest BCUT2D eigenvalue weighted by Crippen LogP contribution is 2.36. The van der Waals surface area contributed by atoms with Crippen LogP contribution in [-0.4, -0.2) is 51.1 Å². The van der Waals surface area contributed by atoms with Crippen LogP contribution in [0, 0.1) is 0 Å². The molecule has 0 saturated carbocycles. The number of carbonyl (C=O) groups excluding carboxylic acids is 1. The normalized spacial score (nSPS) is 34.0. The molecule has 4 atom stereocenters. The summed E-state index contributed by atoms with van der Waals surface area (Å²) in [5, 5.41) is 0. The highest BCUT2D eigenvalue weighted by molar-refractivity contribution is 7.87. The summed E-state index contributed by atoms with van der Waals surface area (Å²) in [5.41, 5.74) is -5.59. The fraction of sp³-hybridized carbons (Fsp3) is 0.889. The van der Waals surface area contributed by atoms with Crippen molar-refractivity contribution in [1.82, 2.24) is 0 Å². The van der Waals surface area contributed by atoms with Gasteiger partial charge in [-0.3, -0.25) is 4.79 Å². The summed E-state index contributed by atoms with van der Waals surface area (Å²) in [6.45, 7) is 1.30. The highest BCUT2D eigenvalue weighted by atomic mass is 32.2. The second kappa shape index (κ2) is 5.13. The van der Waals surface area contributed by atoms with Crippen LogP contribution in [0.25, 0.3) is 0 Å². The standard InChI is InChI=1S/C9H11F3O7S/c1-4(13)17-7-6-5(2-3-16-6)18-8(7)19-20(14,15)9(10,11)12/h5-8H,2-3H2,1H3. The predicted octanol–water partition coefficient (Wildman–Crippen LogP) is 0.298. The van der Waals surface area contributed by atoms with Gasteiger partial charge in [-0.2, -0.15) is 21.6 Å². The Hall–Kier alpha value is -0.910. The summed E-state index contributed by atoms with van der Waals surface area (Å²) in [6.07, 6.45) is -4.41. The first-order valence-corrected chi connectivity index (χ1v) is 6.96. The number of fused-ring (bicyclic) bond motifs is 1. The van der Waals surface area contributed by atoms with Gasteiger partial charge in [-0.05, 0) is 6.42 Å². The van der Waals surface area contributed by atoms with Crippen LogP contribution in [0.15, 0.2) is 0 Å². The molecule has 0 bridgehead atoms. The van der Waals surface area contributed by atoms with Crippen molar-refractivity contribution in [1.29, 1.82) is 0 Å². The van der Waals surface area contributed by atoms with E-state index >= 15 is 0 Å². The smallest absolute Gasteiger partial charge is 0.454 e. The lowest BCUT2D eigenvalue weighted by molar-refractivity contribution is -0.170. The van der Waals surface area contributed by atoms with Crippen LogP contribution < -0.4 is 0 Å².